The molecular formula is C15H27F3N2. The molecule has 2 aliphatic rings. The second kappa shape index (κ2) is 7.12. The minimum absolute atomic E-state index is 0.291. The van der Waals surface area contributed by atoms with Gasteiger partial charge in [0.25, 0.3) is 0 Å². The lowest BCUT2D eigenvalue weighted by molar-refractivity contribution is -0.188. The maximum atomic E-state index is 13.0. The molecule has 0 aromatic heterocycles. The van der Waals surface area contributed by atoms with Gasteiger partial charge in [-0.2, -0.15) is 13.2 Å². The molecule has 5 heteroatoms. The summed E-state index contributed by atoms with van der Waals surface area (Å²) in [4.78, 5) is 2.31. The third-order valence-corrected chi connectivity index (χ3v) is 5.01. The first kappa shape index (κ1) is 16.1. The van der Waals surface area contributed by atoms with Gasteiger partial charge in [-0.15, -0.1) is 0 Å². The van der Waals surface area contributed by atoms with Crippen molar-refractivity contribution in [1.82, 2.24) is 10.2 Å². The molecule has 2 aliphatic carbocycles. The van der Waals surface area contributed by atoms with E-state index in [1.165, 1.54) is 25.7 Å². The van der Waals surface area contributed by atoms with E-state index in [0.717, 1.165) is 13.0 Å². The topological polar surface area (TPSA) is 15.3 Å². The number of rotatable bonds is 5. The van der Waals surface area contributed by atoms with Gasteiger partial charge in [-0.05, 0) is 32.7 Å². The van der Waals surface area contributed by atoms with Crippen LogP contribution >= 0.6 is 0 Å². The molecule has 0 bridgehead atoms. The van der Waals surface area contributed by atoms with Gasteiger partial charge in [0.05, 0.1) is 5.92 Å². The molecule has 0 heterocycles. The van der Waals surface area contributed by atoms with E-state index in [4.69, 9.17) is 0 Å². The number of halogens is 3. The minimum Gasteiger partial charge on any atom is -0.312 e. The summed E-state index contributed by atoms with van der Waals surface area (Å²) in [6.45, 7) is 1.52. The molecule has 2 fully saturated rings. The number of hydrogen-bond donors (Lipinski definition) is 1. The van der Waals surface area contributed by atoms with Crippen LogP contribution in [0.25, 0.3) is 0 Å². The van der Waals surface area contributed by atoms with Crippen LogP contribution in [-0.2, 0) is 0 Å². The normalized spacial score (nSPS) is 29.2. The third kappa shape index (κ3) is 4.35. The molecule has 0 spiro atoms. The van der Waals surface area contributed by atoms with Crippen molar-refractivity contribution in [3.8, 4) is 0 Å². The van der Waals surface area contributed by atoms with Crippen LogP contribution in [0.2, 0.25) is 0 Å². The fraction of sp³-hybridized carbons (Fsp3) is 1.00. The first-order valence-corrected chi connectivity index (χ1v) is 7.99. The van der Waals surface area contributed by atoms with E-state index in [1.807, 2.05) is 0 Å². The standard InChI is InChI=1S/C15H27F3N2/c1-20(12-6-2-3-7-12)11-10-19-14-9-5-4-8-13(14)15(16,17)18/h12-14,19H,2-11H2,1H3. The number of nitrogens with zero attached hydrogens (tertiary/aromatic N) is 1. The van der Waals surface area contributed by atoms with Crippen LogP contribution in [-0.4, -0.2) is 43.3 Å². The summed E-state index contributed by atoms with van der Waals surface area (Å²) in [7, 11) is 2.10. The van der Waals surface area contributed by atoms with Crippen molar-refractivity contribution in [1.29, 1.82) is 0 Å². The molecule has 2 unspecified atom stereocenters. The molecule has 118 valence electrons. The van der Waals surface area contributed by atoms with E-state index < -0.39 is 12.1 Å². The van der Waals surface area contributed by atoms with Gasteiger partial charge in [-0.1, -0.05) is 25.7 Å². The molecule has 0 saturated heterocycles. The number of hydrogen-bond acceptors (Lipinski definition) is 2. The lowest BCUT2D eigenvalue weighted by Crippen LogP contribution is -2.47. The summed E-state index contributed by atoms with van der Waals surface area (Å²) >= 11 is 0. The Labute approximate surface area is 120 Å². The molecule has 2 atom stereocenters. The van der Waals surface area contributed by atoms with Gasteiger partial charge >= 0.3 is 6.18 Å². The zero-order valence-electron chi connectivity index (χ0n) is 12.4. The fourth-order valence-electron chi connectivity index (χ4n) is 3.72. The summed E-state index contributed by atoms with van der Waals surface area (Å²) < 4.78 is 38.9. The van der Waals surface area contributed by atoms with Gasteiger partial charge in [0.1, 0.15) is 0 Å². The van der Waals surface area contributed by atoms with Crippen LogP contribution in [0.1, 0.15) is 51.4 Å². The van der Waals surface area contributed by atoms with Gasteiger partial charge in [-0.3, -0.25) is 0 Å². The van der Waals surface area contributed by atoms with Gasteiger partial charge in [-0.25, -0.2) is 0 Å². The Morgan fingerprint density at radius 1 is 1.00 bits per heavy atom. The molecular weight excluding hydrogens is 265 g/mol. The Morgan fingerprint density at radius 3 is 2.25 bits per heavy atom. The Bertz CT molecular complexity index is 287. The summed E-state index contributed by atoms with van der Waals surface area (Å²) in [5.74, 6) is -1.15. The first-order valence-electron chi connectivity index (χ1n) is 7.99. The molecule has 1 N–H and O–H groups in total. The molecule has 2 saturated carbocycles. The lowest BCUT2D eigenvalue weighted by atomic mass is 9.84. The SMILES string of the molecule is CN(CCNC1CCCCC1C(F)(F)F)C1CCCC1. The molecule has 0 amide bonds. The van der Waals surface area contributed by atoms with E-state index in [0.29, 0.717) is 31.8 Å². The van der Waals surface area contributed by atoms with Gasteiger partial charge in [0, 0.05) is 25.2 Å². The number of nitrogens with one attached hydrogen (secondary N) is 1. The highest BCUT2D eigenvalue weighted by Gasteiger charge is 2.45. The summed E-state index contributed by atoms with van der Waals surface area (Å²) in [6, 6.07) is 0.266. The lowest BCUT2D eigenvalue weighted by Gasteiger charge is -2.34. The van der Waals surface area contributed by atoms with Crippen molar-refractivity contribution in [3.05, 3.63) is 0 Å². The summed E-state index contributed by atoms with van der Waals surface area (Å²) in [5.41, 5.74) is 0. The highest BCUT2D eigenvalue weighted by atomic mass is 19.4. The van der Waals surface area contributed by atoms with Crippen LogP contribution in [0.15, 0.2) is 0 Å². The van der Waals surface area contributed by atoms with Crippen molar-refractivity contribution in [3.63, 3.8) is 0 Å². The van der Waals surface area contributed by atoms with E-state index in [2.05, 4.69) is 17.3 Å². The highest BCUT2D eigenvalue weighted by molar-refractivity contribution is 4.86. The fourth-order valence-corrected chi connectivity index (χ4v) is 3.72. The van der Waals surface area contributed by atoms with Gasteiger partial charge in [0.15, 0.2) is 0 Å². The Morgan fingerprint density at radius 2 is 1.60 bits per heavy atom. The Kier molecular flexibility index (Phi) is 5.73. The molecule has 0 radical (unpaired) electrons. The van der Waals surface area contributed by atoms with Crippen LogP contribution in [0.3, 0.4) is 0 Å². The summed E-state index contributed by atoms with van der Waals surface area (Å²) in [6.07, 6.45) is 3.61. The first-order chi connectivity index (χ1) is 9.48. The molecule has 2 nitrogen and oxygen atoms in total. The van der Waals surface area contributed by atoms with E-state index >= 15 is 0 Å². The number of alkyl halides is 3. The highest BCUT2D eigenvalue weighted by Crippen LogP contribution is 2.37. The van der Waals surface area contributed by atoms with Crippen molar-refractivity contribution in [2.45, 2.75) is 69.6 Å². The van der Waals surface area contributed by atoms with E-state index in [1.54, 1.807) is 0 Å². The van der Waals surface area contributed by atoms with Crippen LogP contribution in [0.4, 0.5) is 13.2 Å². The maximum Gasteiger partial charge on any atom is 0.393 e. The van der Waals surface area contributed by atoms with E-state index in [9.17, 15) is 13.2 Å². The van der Waals surface area contributed by atoms with Crippen molar-refractivity contribution in [2.75, 3.05) is 20.1 Å². The zero-order valence-corrected chi connectivity index (χ0v) is 12.4. The maximum absolute atomic E-state index is 13.0. The monoisotopic (exact) mass is 292 g/mol. The Hall–Kier alpha value is -0.290. The van der Waals surface area contributed by atoms with Crippen LogP contribution < -0.4 is 5.32 Å². The second-order valence-electron chi connectivity index (χ2n) is 6.41. The minimum atomic E-state index is -4.05. The van der Waals surface area contributed by atoms with Gasteiger partial charge < -0.3 is 10.2 Å². The molecule has 0 aliphatic heterocycles. The van der Waals surface area contributed by atoms with Gasteiger partial charge in [0.2, 0.25) is 0 Å². The molecule has 0 aromatic carbocycles. The average Bonchev–Trinajstić information content (AvgIpc) is 2.92. The average molecular weight is 292 g/mol. The molecule has 2 rings (SSSR count). The molecule has 0 aromatic rings. The quantitative estimate of drug-likeness (QED) is 0.833. The number of likely N-dealkylation sites (N-methyl/N-ethyl adjacent to an activating group) is 1. The molecule has 20 heavy (non-hydrogen) atoms. The van der Waals surface area contributed by atoms with Crippen molar-refractivity contribution < 1.29 is 13.2 Å². The second-order valence-corrected chi connectivity index (χ2v) is 6.41. The largest absolute Gasteiger partial charge is 0.393 e. The summed E-state index contributed by atoms with van der Waals surface area (Å²) in [5, 5.41) is 3.17. The van der Waals surface area contributed by atoms with Crippen molar-refractivity contribution in [2.24, 2.45) is 5.92 Å². The Balaban J connectivity index is 1.73. The zero-order chi connectivity index (χ0) is 14.6. The van der Waals surface area contributed by atoms with Crippen molar-refractivity contribution >= 4 is 0 Å². The smallest absolute Gasteiger partial charge is 0.312 e. The predicted octanol–water partition coefficient (Wildman–Crippen LogP) is 3.57. The third-order valence-electron chi connectivity index (χ3n) is 5.01. The van der Waals surface area contributed by atoms with Crippen LogP contribution in [0, 0.1) is 5.92 Å². The van der Waals surface area contributed by atoms with Crippen LogP contribution in [0.5, 0.6) is 0 Å². The van der Waals surface area contributed by atoms with E-state index in [-0.39, 0.29) is 6.04 Å². The predicted molar refractivity (Wildman–Crippen MR) is 74.7 cm³/mol.